The molecule has 0 atom stereocenters. The minimum absolute atomic E-state index is 0.126. The van der Waals surface area contributed by atoms with E-state index in [1.807, 2.05) is 60.5 Å². The molecule has 0 saturated carbocycles. The van der Waals surface area contributed by atoms with Gasteiger partial charge < -0.3 is 19.7 Å². The van der Waals surface area contributed by atoms with Crippen molar-refractivity contribution in [2.24, 2.45) is 0 Å². The maximum Gasteiger partial charge on any atom is 0.273 e. The third-order valence-electron chi connectivity index (χ3n) is 5.20. The van der Waals surface area contributed by atoms with Crippen molar-refractivity contribution in [1.29, 1.82) is 0 Å². The van der Waals surface area contributed by atoms with E-state index in [4.69, 9.17) is 9.47 Å². The molecule has 168 valence electrons. The van der Waals surface area contributed by atoms with Crippen LogP contribution >= 0.6 is 11.3 Å². The summed E-state index contributed by atoms with van der Waals surface area (Å²) in [5.74, 6) is 1.06. The second-order valence-corrected chi connectivity index (χ2v) is 8.61. The number of carbonyl (C=O) groups excluding carboxylic acids is 1. The largest absolute Gasteiger partial charge is 0.454 e. The summed E-state index contributed by atoms with van der Waals surface area (Å²) in [6.45, 7) is 1.05. The number of carbonyl (C=O) groups is 1. The van der Waals surface area contributed by atoms with Gasteiger partial charge in [-0.2, -0.15) is 4.98 Å². The van der Waals surface area contributed by atoms with Crippen molar-refractivity contribution in [3.05, 3.63) is 76.3 Å². The molecular weight excluding hydrogens is 442 g/mol. The number of benzene rings is 2. The fourth-order valence-corrected chi connectivity index (χ4v) is 4.43. The highest BCUT2D eigenvalue weighted by Crippen LogP contribution is 2.32. The van der Waals surface area contributed by atoms with Crippen molar-refractivity contribution in [3.8, 4) is 11.5 Å². The molecule has 1 aliphatic rings. The van der Waals surface area contributed by atoms with Crippen LogP contribution in [-0.4, -0.2) is 34.3 Å². The lowest BCUT2D eigenvalue weighted by Crippen LogP contribution is -2.31. The van der Waals surface area contributed by atoms with Gasteiger partial charge in [0.2, 0.25) is 12.7 Å². The van der Waals surface area contributed by atoms with E-state index < -0.39 is 0 Å². The minimum Gasteiger partial charge on any atom is -0.454 e. The lowest BCUT2D eigenvalue weighted by Gasteiger charge is -2.15. The second kappa shape index (κ2) is 8.91. The summed E-state index contributed by atoms with van der Waals surface area (Å²) in [5, 5.41) is 3.52. The van der Waals surface area contributed by atoms with Gasteiger partial charge in [-0.3, -0.25) is 14.2 Å². The molecule has 2 aromatic carbocycles. The molecule has 0 unspecified atom stereocenters. The number of ether oxygens (including phenoxy) is 2. The SMILES string of the molecule is CN(Cc1ccccc1)c1nc2ncn(CC(=O)NCc3ccc4c(c3)OCO4)c(=O)c2s1. The van der Waals surface area contributed by atoms with Crippen LogP contribution in [-0.2, 0) is 24.4 Å². The summed E-state index contributed by atoms with van der Waals surface area (Å²) in [7, 11) is 1.92. The van der Waals surface area contributed by atoms with Crippen molar-refractivity contribution in [2.75, 3.05) is 18.7 Å². The summed E-state index contributed by atoms with van der Waals surface area (Å²) >= 11 is 1.28. The van der Waals surface area contributed by atoms with Crippen molar-refractivity contribution < 1.29 is 14.3 Å². The quantitative estimate of drug-likeness (QED) is 0.450. The van der Waals surface area contributed by atoms with E-state index in [1.165, 1.54) is 22.2 Å². The number of hydrogen-bond acceptors (Lipinski definition) is 8. The maximum absolute atomic E-state index is 12.9. The Kier molecular flexibility index (Phi) is 5.66. The third-order valence-corrected chi connectivity index (χ3v) is 6.35. The highest BCUT2D eigenvalue weighted by atomic mass is 32.1. The zero-order chi connectivity index (χ0) is 22.8. The first-order valence-electron chi connectivity index (χ1n) is 10.3. The van der Waals surface area contributed by atoms with Crippen molar-refractivity contribution in [3.63, 3.8) is 0 Å². The van der Waals surface area contributed by atoms with Gasteiger partial charge in [0.15, 0.2) is 22.3 Å². The third kappa shape index (κ3) is 4.51. The van der Waals surface area contributed by atoms with Gasteiger partial charge in [-0.25, -0.2) is 4.98 Å². The Bertz CT molecular complexity index is 1370. The molecule has 5 rings (SSSR count). The molecule has 9 nitrogen and oxygen atoms in total. The topological polar surface area (TPSA) is 98.6 Å². The first kappa shape index (κ1) is 21.0. The lowest BCUT2D eigenvalue weighted by atomic mass is 10.2. The van der Waals surface area contributed by atoms with Crippen LogP contribution in [0.5, 0.6) is 11.5 Å². The zero-order valence-electron chi connectivity index (χ0n) is 17.9. The first-order chi connectivity index (χ1) is 16.1. The Morgan fingerprint density at radius 3 is 2.82 bits per heavy atom. The van der Waals surface area contributed by atoms with Gasteiger partial charge in [0.1, 0.15) is 17.6 Å². The molecule has 1 aliphatic heterocycles. The number of amides is 1. The van der Waals surface area contributed by atoms with E-state index in [9.17, 15) is 9.59 Å². The van der Waals surface area contributed by atoms with Crippen molar-refractivity contribution >= 4 is 32.7 Å². The Hall–Kier alpha value is -3.92. The molecule has 0 spiro atoms. The Morgan fingerprint density at radius 1 is 1.15 bits per heavy atom. The molecule has 3 heterocycles. The predicted octanol–water partition coefficient (Wildman–Crippen LogP) is 2.53. The van der Waals surface area contributed by atoms with E-state index in [1.54, 1.807) is 0 Å². The minimum atomic E-state index is -0.290. The maximum atomic E-state index is 12.9. The molecule has 10 heteroatoms. The molecule has 33 heavy (non-hydrogen) atoms. The molecule has 1 amide bonds. The fraction of sp³-hybridized carbons (Fsp3) is 0.217. The van der Waals surface area contributed by atoms with E-state index in [2.05, 4.69) is 15.3 Å². The normalized spacial score (nSPS) is 12.2. The molecule has 0 fully saturated rings. The molecule has 4 aromatic rings. The predicted molar refractivity (Wildman–Crippen MR) is 125 cm³/mol. The number of nitrogens with zero attached hydrogens (tertiary/aromatic N) is 4. The highest BCUT2D eigenvalue weighted by molar-refractivity contribution is 7.22. The van der Waals surface area contributed by atoms with E-state index in [0.29, 0.717) is 40.1 Å². The van der Waals surface area contributed by atoms with Crippen molar-refractivity contribution in [2.45, 2.75) is 19.6 Å². The number of aromatic nitrogens is 3. The van der Waals surface area contributed by atoms with Gasteiger partial charge in [0, 0.05) is 20.1 Å². The van der Waals surface area contributed by atoms with Crippen molar-refractivity contribution in [1.82, 2.24) is 19.9 Å². The smallest absolute Gasteiger partial charge is 0.273 e. The fourth-order valence-electron chi connectivity index (χ4n) is 3.50. The van der Waals surface area contributed by atoms with E-state index >= 15 is 0 Å². The molecule has 1 N–H and O–H groups in total. The Balaban J connectivity index is 1.26. The average Bonchev–Trinajstić information content (AvgIpc) is 3.47. The Labute approximate surface area is 193 Å². The van der Waals surface area contributed by atoms with Crippen LogP contribution in [0, 0.1) is 0 Å². The molecular formula is C23H21N5O4S. The van der Waals surface area contributed by atoms with Crippen LogP contribution in [0.1, 0.15) is 11.1 Å². The van der Waals surface area contributed by atoms with Crippen LogP contribution in [0.4, 0.5) is 5.13 Å². The molecule has 2 aromatic heterocycles. The van der Waals surface area contributed by atoms with Gasteiger partial charge in [0.25, 0.3) is 5.56 Å². The molecule has 0 saturated heterocycles. The van der Waals surface area contributed by atoms with E-state index in [0.717, 1.165) is 11.1 Å². The first-order valence-corrected chi connectivity index (χ1v) is 11.1. The lowest BCUT2D eigenvalue weighted by molar-refractivity contribution is -0.121. The summed E-state index contributed by atoms with van der Waals surface area (Å²) in [6.07, 6.45) is 1.37. The highest BCUT2D eigenvalue weighted by Gasteiger charge is 2.16. The summed E-state index contributed by atoms with van der Waals surface area (Å²) < 4.78 is 12.4. The Morgan fingerprint density at radius 2 is 1.97 bits per heavy atom. The summed E-state index contributed by atoms with van der Waals surface area (Å²) in [4.78, 5) is 36.1. The summed E-state index contributed by atoms with van der Waals surface area (Å²) in [6, 6.07) is 15.5. The van der Waals surface area contributed by atoms with Gasteiger partial charge in [-0.1, -0.05) is 47.7 Å². The standard InChI is InChI=1S/C23H21N5O4S/c1-27(11-15-5-3-2-4-6-15)23-26-21-20(33-23)22(30)28(13-25-21)12-19(29)24-10-16-7-8-17-18(9-16)32-14-31-17/h2-9,13H,10-12,14H2,1H3,(H,24,29). The number of rotatable bonds is 7. The van der Waals surface area contributed by atoms with Gasteiger partial charge >= 0.3 is 0 Å². The number of nitrogens with one attached hydrogen (secondary N) is 1. The van der Waals surface area contributed by atoms with Crippen LogP contribution < -0.4 is 25.2 Å². The van der Waals surface area contributed by atoms with Crippen LogP contribution in [0.3, 0.4) is 0 Å². The zero-order valence-corrected chi connectivity index (χ0v) is 18.7. The molecule has 0 aliphatic carbocycles. The molecule has 0 radical (unpaired) electrons. The van der Waals surface area contributed by atoms with Crippen LogP contribution in [0.2, 0.25) is 0 Å². The van der Waals surface area contributed by atoms with Gasteiger partial charge in [-0.05, 0) is 23.3 Å². The monoisotopic (exact) mass is 463 g/mol. The number of hydrogen-bond donors (Lipinski definition) is 1. The van der Waals surface area contributed by atoms with E-state index in [-0.39, 0.29) is 24.8 Å². The van der Waals surface area contributed by atoms with Crippen LogP contribution in [0.25, 0.3) is 10.3 Å². The van der Waals surface area contributed by atoms with Gasteiger partial charge in [0.05, 0.1) is 0 Å². The average molecular weight is 464 g/mol. The number of anilines is 1. The number of thiazole rings is 1. The van der Waals surface area contributed by atoms with Gasteiger partial charge in [-0.15, -0.1) is 0 Å². The van der Waals surface area contributed by atoms with Crippen LogP contribution in [0.15, 0.2) is 59.7 Å². The second-order valence-electron chi connectivity index (χ2n) is 7.63. The number of fused-ring (bicyclic) bond motifs is 2. The summed E-state index contributed by atoms with van der Waals surface area (Å²) in [5.41, 5.74) is 2.12. The molecule has 0 bridgehead atoms.